The van der Waals surface area contributed by atoms with Crippen LogP contribution in [-0.4, -0.2) is 28.2 Å². The Bertz CT molecular complexity index is 348. The Morgan fingerprint density at radius 2 is 2.06 bits per heavy atom. The number of carbonyl (C=O) groups excluding carboxylic acids is 1. The molecule has 17 heavy (non-hydrogen) atoms. The summed E-state index contributed by atoms with van der Waals surface area (Å²) >= 11 is 13.3. The third-order valence-corrected chi connectivity index (χ3v) is 4.54. The van der Waals surface area contributed by atoms with E-state index in [1.165, 1.54) is 0 Å². The Hall–Kier alpha value is -0.380. The molecule has 0 bridgehead atoms. The fourth-order valence-corrected chi connectivity index (χ4v) is 2.55. The minimum Gasteiger partial charge on any atom is -0.325 e. The van der Waals surface area contributed by atoms with Gasteiger partial charge in [-0.05, 0) is 12.1 Å². The van der Waals surface area contributed by atoms with Crippen LogP contribution in [0.25, 0.3) is 0 Å². The molecule has 2 atom stereocenters. The molecule has 2 unspecified atom stereocenters. The normalized spacial score (nSPS) is 14.1. The van der Waals surface area contributed by atoms with E-state index in [1.807, 2.05) is 37.3 Å². The second-order valence-electron chi connectivity index (χ2n) is 3.52. The maximum absolute atomic E-state index is 11.8. The second-order valence-corrected chi connectivity index (χ2v) is 5.86. The van der Waals surface area contributed by atoms with Crippen molar-refractivity contribution >= 4 is 46.6 Å². The van der Waals surface area contributed by atoms with E-state index >= 15 is 0 Å². The lowest BCUT2D eigenvalue weighted by molar-refractivity contribution is -0.115. The van der Waals surface area contributed by atoms with Crippen molar-refractivity contribution in [2.45, 2.75) is 17.6 Å². The molecule has 0 aliphatic rings. The van der Waals surface area contributed by atoms with E-state index in [-0.39, 0.29) is 11.2 Å². The van der Waals surface area contributed by atoms with Crippen molar-refractivity contribution in [2.75, 3.05) is 16.9 Å². The zero-order valence-corrected chi connectivity index (χ0v) is 11.9. The summed E-state index contributed by atoms with van der Waals surface area (Å²) in [5.41, 5.74) is 0.762. The number of benzene rings is 1. The van der Waals surface area contributed by atoms with Gasteiger partial charge in [0.05, 0.1) is 0 Å². The molecule has 1 aromatic rings. The number of amides is 1. The molecule has 1 rings (SSSR count). The van der Waals surface area contributed by atoms with Crippen LogP contribution in [0.5, 0.6) is 0 Å². The lowest BCUT2D eigenvalue weighted by Crippen LogP contribution is -2.30. The van der Waals surface area contributed by atoms with Crippen molar-refractivity contribution < 1.29 is 4.79 Å². The summed E-state index contributed by atoms with van der Waals surface area (Å²) in [4.78, 5) is 11.8. The van der Waals surface area contributed by atoms with Crippen LogP contribution < -0.4 is 5.32 Å². The van der Waals surface area contributed by atoms with Gasteiger partial charge >= 0.3 is 0 Å². The Labute approximate surface area is 116 Å². The highest BCUT2D eigenvalue weighted by molar-refractivity contribution is 8.00. The van der Waals surface area contributed by atoms with Crippen molar-refractivity contribution in [2.24, 2.45) is 0 Å². The van der Waals surface area contributed by atoms with Gasteiger partial charge < -0.3 is 5.32 Å². The van der Waals surface area contributed by atoms with Crippen molar-refractivity contribution in [3.05, 3.63) is 30.3 Å². The van der Waals surface area contributed by atoms with Gasteiger partial charge in [-0.2, -0.15) is 11.8 Å². The molecule has 0 aliphatic heterocycles. The molecule has 0 saturated carbocycles. The van der Waals surface area contributed by atoms with Gasteiger partial charge in [-0.15, -0.1) is 23.2 Å². The molecule has 0 spiro atoms. The summed E-state index contributed by atoms with van der Waals surface area (Å²) in [5.74, 6) is 1.19. The first-order chi connectivity index (χ1) is 8.15. The number of halogens is 2. The predicted molar refractivity (Wildman–Crippen MR) is 77.4 cm³/mol. The van der Waals surface area contributed by atoms with E-state index in [9.17, 15) is 4.79 Å². The largest absolute Gasteiger partial charge is 0.325 e. The number of thioether (sulfide) groups is 1. The monoisotopic (exact) mass is 291 g/mol. The summed E-state index contributed by atoms with van der Waals surface area (Å²) in [7, 11) is 0. The van der Waals surface area contributed by atoms with E-state index in [4.69, 9.17) is 23.2 Å². The van der Waals surface area contributed by atoms with Gasteiger partial charge in [0.1, 0.15) is 5.38 Å². The highest BCUT2D eigenvalue weighted by atomic mass is 35.5. The van der Waals surface area contributed by atoms with Gasteiger partial charge in [-0.3, -0.25) is 4.79 Å². The average Bonchev–Trinajstić information content (AvgIpc) is 2.36. The quantitative estimate of drug-likeness (QED) is 0.812. The van der Waals surface area contributed by atoms with Crippen LogP contribution in [0.2, 0.25) is 0 Å². The molecule has 5 heteroatoms. The first-order valence-corrected chi connectivity index (χ1v) is 7.34. The molecule has 1 N–H and O–H groups in total. The second kappa shape index (κ2) is 7.85. The van der Waals surface area contributed by atoms with Gasteiger partial charge in [-0.25, -0.2) is 0 Å². The first kappa shape index (κ1) is 14.7. The number of alkyl halides is 2. The predicted octanol–water partition coefficient (Wildman–Crippen LogP) is 3.59. The van der Waals surface area contributed by atoms with E-state index in [0.717, 1.165) is 11.4 Å². The minimum absolute atomic E-state index is 0.0409. The molecule has 2 nitrogen and oxygen atoms in total. The third kappa shape index (κ3) is 5.19. The van der Waals surface area contributed by atoms with E-state index < -0.39 is 5.38 Å². The standard InChI is InChI=1S/C12H15Cl2NOS/c1-9(17-8-7-13)11(14)12(16)15-10-5-3-2-4-6-10/h2-6,9,11H,7-8H2,1H3,(H,15,16). The van der Waals surface area contributed by atoms with Crippen LogP contribution in [0.15, 0.2) is 30.3 Å². The SMILES string of the molecule is CC(SCCCl)C(Cl)C(=O)Nc1ccccc1. The molecule has 94 valence electrons. The zero-order valence-electron chi connectivity index (χ0n) is 9.53. The number of hydrogen-bond acceptors (Lipinski definition) is 2. The molecule has 1 amide bonds. The summed E-state index contributed by atoms with van der Waals surface area (Å²) in [6.45, 7) is 1.93. The highest BCUT2D eigenvalue weighted by Crippen LogP contribution is 2.20. The van der Waals surface area contributed by atoms with Crippen LogP contribution in [0, 0.1) is 0 Å². The summed E-state index contributed by atoms with van der Waals surface area (Å²) in [6, 6.07) is 9.29. The number of carbonyl (C=O) groups is 1. The summed E-state index contributed by atoms with van der Waals surface area (Å²) in [6.07, 6.45) is 0. The Kier molecular flexibility index (Phi) is 6.78. The number of hydrogen-bond donors (Lipinski definition) is 1. The zero-order chi connectivity index (χ0) is 12.7. The molecular formula is C12H15Cl2NOS. The minimum atomic E-state index is -0.552. The molecule has 0 saturated heterocycles. The maximum Gasteiger partial charge on any atom is 0.243 e. The average molecular weight is 292 g/mol. The van der Waals surface area contributed by atoms with Crippen LogP contribution in [0.1, 0.15) is 6.92 Å². The van der Waals surface area contributed by atoms with E-state index in [2.05, 4.69) is 5.32 Å². The smallest absolute Gasteiger partial charge is 0.243 e. The molecule has 0 aliphatic carbocycles. The van der Waals surface area contributed by atoms with Crippen LogP contribution in [0.4, 0.5) is 5.69 Å². The van der Waals surface area contributed by atoms with Crippen LogP contribution in [0.3, 0.4) is 0 Å². The van der Waals surface area contributed by atoms with Gasteiger partial charge in [0.15, 0.2) is 0 Å². The molecular weight excluding hydrogens is 277 g/mol. The lowest BCUT2D eigenvalue weighted by Gasteiger charge is -2.16. The molecule has 0 aromatic heterocycles. The molecule has 1 aromatic carbocycles. The van der Waals surface area contributed by atoms with Crippen LogP contribution in [-0.2, 0) is 4.79 Å². The topological polar surface area (TPSA) is 29.1 Å². The Morgan fingerprint density at radius 3 is 2.65 bits per heavy atom. The highest BCUT2D eigenvalue weighted by Gasteiger charge is 2.22. The first-order valence-electron chi connectivity index (χ1n) is 5.32. The van der Waals surface area contributed by atoms with E-state index in [0.29, 0.717) is 5.88 Å². The molecule has 0 fully saturated rings. The van der Waals surface area contributed by atoms with Crippen molar-refractivity contribution in [3.63, 3.8) is 0 Å². The maximum atomic E-state index is 11.8. The fraction of sp³-hybridized carbons (Fsp3) is 0.417. The lowest BCUT2D eigenvalue weighted by atomic mass is 10.2. The van der Waals surface area contributed by atoms with Gasteiger partial charge in [0, 0.05) is 22.6 Å². The molecule has 0 radical (unpaired) electrons. The van der Waals surface area contributed by atoms with Gasteiger partial charge in [0.25, 0.3) is 0 Å². The number of rotatable bonds is 6. The fourth-order valence-electron chi connectivity index (χ4n) is 1.26. The summed E-state index contributed by atoms with van der Waals surface area (Å²) in [5, 5.41) is 2.27. The summed E-state index contributed by atoms with van der Waals surface area (Å²) < 4.78 is 0. The number of nitrogens with one attached hydrogen (secondary N) is 1. The Balaban J connectivity index is 2.47. The third-order valence-electron chi connectivity index (χ3n) is 2.16. The van der Waals surface area contributed by atoms with Crippen LogP contribution >= 0.6 is 35.0 Å². The van der Waals surface area contributed by atoms with Crippen molar-refractivity contribution in [1.82, 2.24) is 0 Å². The van der Waals surface area contributed by atoms with Gasteiger partial charge in [-0.1, -0.05) is 25.1 Å². The molecule has 0 heterocycles. The number of anilines is 1. The van der Waals surface area contributed by atoms with Gasteiger partial charge in [0.2, 0.25) is 5.91 Å². The number of para-hydroxylation sites is 1. The van der Waals surface area contributed by atoms with Crippen molar-refractivity contribution in [3.8, 4) is 0 Å². The van der Waals surface area contributed by atoms with Crippen molar-refractivity contribution in [1.29, 1.82) is 0 Å². The van der Waals surface area contributed by atoms with E-state index in [1.54, 1.807) is 11.8 Å². The Morgan fingerprint density at radius 1 is 1.41 bits per heavy atom.